The predicted octanol–water partition coefficient (Wildman–Crippen LogP) is 7.16. The van der Waals surface area contributed by atoms with Crippen LogP contribution < -0.4 is 4.74 Å². The van der Waals surface area contributed by atoms with Gasteiger partial charge < -0.3 is 4.74 Å². The van der Waals surface area contributed by atoms with E-state index in [1.807, 2.05) is 49.4 Å². The fourth-order valence-corrected chi connectivity index (χ4v) is 3.44. The molecule has 4 aromatic rings. The Hall–Kier alpha value is -4.30. The van der Waals surface area contributed by atoms with Gasteiger partial charge in [-0.15, -0.1) is 0 Å². The highest BCUT2D eigenvalue weighted by molar-refractivity contribution is 6.31. The Kier molecular flexibility index (Phi) is 6.01. The van der Waals surface area contributed by atoms with Crippen molar-refractivity contribution in [1.82, 2.24) is 0 Å². The number of nitro groups is 2. The lowest BCUT2D eigenvalue weighted by molar-refractivity contribution is -0.394. The van der Waals surface area contributed by atoms with Gasteiger partial charge in [0.25, 0.3) is 5.69 Å². The van der Waals surface area contributed by atoms with Crippen LogP contribution in [0.1, 0.15) is 11.1 Å². The fourth-order valence-electron chi connectivity index (χ4n) is 3.27. The Labute approximate surface area is 193 Å². The van der Waals surface area contributed by atoms with Crippen molar-refractivity contribution in [3.8, 4) is 11.5 Å². The van der Waals surface area contributed by atoms with Gasteiger partial charge in [-0.25, -0.2) is 0 Å². The van der Waals surface area contributed by atoms with Gasteiger partial charge in [-0.05, 0) is 47.5 Å². The summed E-state index contributed by atoms with van der Waals surface area (Å²) >= 11 is 6.20. The minimum Gasteiger partial charge on any atom is -0.449 e. The molecule has 4 rings (SSSR count). The van der Waals surface area contributed by atoms with Crippen LogP contribution in [0.3, 0.4) is 0 Å². The first kappa shape index (κ1) is 21.9. The molecule has 0 fully saturated rings. The minimum absolute atomic E-state index is 0.117. The highest BCUT2D eigenvalue weighted by Gasteiger charge is 2.22. The molecular formula is C24H16ClN3O5. The number of halogens is 1. The number of ether oxygens (including phenoxy) is 1. The summed E-state index contributed by atoms with van der Waals surface area (Å²) < 4.78 is 5.89. The number of hydrogen-bond donors (Lipinski definition) is 0. The van der Waals surface area contributed by atoms with E-state index in [0.29, 0.717) is 22.0 Å². The van der Waals surface area contributed by atoms with Gasteiger partial charge >= 0.3 is 5.69 Å². The molecule has 4 aromatic carbocycles. The van der Waals surface area contributed by atoms with Crippen molar-refractivity contribution in [1.29, 1.82) is 0 Å². The van der Waals surface area contributed by atoms with Gasteiger partial charge in [-0.1, -0.05) is 48.0 Å². The van der Waals surface area contributed by atoms with Crippen molar-refractivity contribution in [2.75, 3.05) is 0 Å². The number of nitrogens with zero attached hydrogens (tertiary/aromatic N) is 3. The normalized spacial score (nSPS) is 11.1. The van der Waals surface area contributed by atoms with Gasteiger partial charge in [0.2, 0.25) is 5.75 Å². The second-order valence-corrected chi connectivity index (χ2v) is 7.57. The molecule has 0 atom stereocenters. The summed E-state index contributed by atoms with van der Waals surface area (Å²) in [6.45, 7) is 1.89. The zero-order chi connectivity index (χ0) is 23.5. The van der Waals surface area contributed by atoms with Gasteiger partial charge in [0.15, 0.2) is 0 Å². The van der Waals surface area contributed by atoms with E-state index in [4.69, 9.17) is 16.3 Å². The third-order valence-corrected chi connectivity index (χ3v) is 5.41. The van der Waals surface area contributed by atoms with E-state index in [9.17, 15) is 20.2 Å². The molecule has 0 aliphatic carbocycles. The van der Waals surface area contributed by atoms with Crippen LogP contribution in [0.2, 0.25) is 5.02 Å². The van der Waals surface area contributed by atoms with Crippen LogP contribution in [0, 0.1) is 27.2 Å². The molecule has 0 aliphatic rings. The summed E-state index contributed by atoms with van der Waals surface area (Å²) in [5.74, 6) is 0.196. The lowest BCUT2D eigenvalue weighted by atomic mass is 10.0. The summed E-state index contributed by atoms with van der Waals surface area (Å²) in [6.07, 6.45) is 1.61. The zero-order valence-electron chi connectivity index (χ0n) is 17.3. The molecule has 33 heavy (non-hydrogen) atoms. The number of hydrogen-bond acceptors (Lipinski definition) is 6. The van der Waals surface area contributed by atoms with E-state index in [-0.39, 0.29) is 5.75 Å². The topological polar surface area (TPSA) is 108 Å². The summed E-state index contributed by atoms with van der Waals surface area (Å²) in [5.41, 5.74) is 1.25. The average molecular weight is 462 g/mol. The Morgan fingerprint density at radius 3 is 2.39 bits per heavy atom. The summed E-state index contributed by atoms with van der Waals surface area (Å²) in [7, 11) is 0. The lowest BCUT2D eigenvalue weighted by Crippen LogP contribution is -1.98. The zero-order valence-corrected chi connectivity index (χ0v) is 18.0. The Morgan fingerprint density at radius 1 is 0.909 bits per heavy atom. The van der Waals surface area contributed by atoms with E-state index in [1.54, 1.807) is 18.3 Å². The van der Waals surface area contributed by atoms with Crippen molar-refractivity contribution in [2.24, 2.45) is 4.99 Å². The molecule has 8 nitrogen and oxygen atoms in total. The number of rotatable bonds is 6. The predicted molar refractivity (Wildman–Crippen MR) is 127 cm³/mol. The number of fused-ring (bicyclic) bond motifs is 1. The molecule has 0 aromatic heterocycles. The number of benzene rings is 4. The van der Waals surface area contributed by atoms with Crippen LogP contribution in [0.25, 0.3) is 10.8 Å². The third-order valence-electron chi connectivity index (χ3n) is 5.00. The number of non-ortho nitro benzene ring substituents is 1. The van der Waals surface area contributed by atoms with Gasteiger partial charge in [0.05, 0.1) is 21.6 Å². The Morgan fingerprint density at radius 2 is 1.67 bits per heavy atom. The first-order valence-corrected chi connectivity index (χ1v) is 10.1. The molecule has 0 aliphatic heterocycles. The molecular weight excluding hydrogens is 446 g/mol. The lowest BCUT2D eigenvalue weighted by Gasteiger charge is -2.12. The van der Waals surface area contributed by atoms with E-state index in [2.05, 4.69) is 4.99 Å². The molecule has 0 N–H and O–H groups in total. The number of aliphatic imine (C=N–C) groups is 1. The van der Waals surface area contributed by atoms with Crippen molar-refractivity contribution < 1.29 is 14.6 Å². The monoisotopic (exact) mass is 461 g/mol. The van der Waals surface area contributed by atoms with Crippen LogP contribution in [0.15, 0.2) is 77.8 Å². The number of nitro benzene ring substituents is 2. The van der Waals surface area contributed by atoms with Crippen LogP contribution in [0.5, 0.6) is 11.5 Å². The maximum Gasteiger partial charge on any atom is 0.318 e. The molecule has 0 amide bonds. The van der Waals surface area contributed by atoms with E-state index in [0.717, 1.165) is 28.5 Å². The van der Waals surface area contributed by atoms with Crippen molar-refractivity contribution in [3.05, 3.63) is 109 Å². The average Bonchev–Trinajstić information content (AvgIpc) is 2.80. The van der Waals surface area contributed by atoms with Gasteiger partial charge in [0.1, 0.15) is 5.75 Å². The summed E-state index contributed by atoms with van der Waals surface area (Å²) in [5, 5.41) is 24.9. The van der Waals surface area contributed by atoms with E-state index in [1.165, 1.54) is 6.07 Å². The summed E-state index contributed by atoms with van der Waals surface area (Å²) in [6, 6.07) is 19.7. The molecule has 0 spiro atoms. The first-order chi connectivity index (χ1) is 15.8. The van der Waals surface area contributed by atoms with Crippen LogP contribution in [-0.4, -0.2) is 16.1 Å². The molecule has 0 saturated carbocycles. The standard InChI is InChI=1S/C24H16ClN3O5/c1-15-6-8-17(12-21(15)25)26-14-20-19-5-3-2-4-16(19)7-10-23(20)33-24-11-9-18(27(29)30)13-22(24)28(31)32/h2-14H,1H3. The fraction of sp³-hybridized carbons (Fsp3) is 0.0417. The first-order valence-electron chi connectivity index (χ1n) is 9.76. The second kappa shape index (κ2) is 9.05. The largest absolute Gasteiger partial charge is 0.449 e. The van der Waals surface area contributed by atoms with Gasteiger partial charge in [-0.2, -0.15) is 0 Å². The molecule has 0 bridgehead atoms. The molecule has 0 heterocycles. The van der Waals surface area contributed by atoms with Crippen molar-refractivity contribution in [3.63, 3.8) is 0 Å². The van der Waals surface area contributed by atoms with Gasteiger partial charge in [-0.3, -0.25) is 25.2 Å². The number of aryl methyl sites for hydroxylation is 1. The van der Waals surface area contributed by atoms with Crippen molar-refractivity contribution >= 4 is 45.7 Å². The van der Waals surface area contributed by atoms with Crippen LogP contribution in [0.4, 0.5) is 17.1 Å². The van der Waals surface area contributed by atoms with E-state index >= 15 is 0 Å². The Bertz CT molecular complexity index is 1440. The molecule has 164 valence electrons. The SMILES string of the molecule is Cc1ccc(N=Cc2c(Oc3ccc([N+](=O)[O-])cc3[N+](=O)[O-])ccc3ccccc23)cc1Cl. The second-order valence-electron chi connectivity index (χ2n) is 7.16. The smallest absolute Gasteiger partial charge is 0.318 e. The van der Waals surface area contributed by atoms with Crippen molar-refractivity contribution in [2.45, 2.75) is 6.92 Å². The highest BCUT2D eigenvalue weighted by atomic mass is 35.5. The van der Waals surface area contributed by atoms with Gasteiger partial charge in [0, 0.05) is 22.9 Å². The minimum atomic E-state index is -0.717. The van der Waals surface area contributed by atoms with Crippen LogP contribution in [-0.2, 0) is 0 Å². The Balaban J connectivity index is 1.82. The molecule has 0 unspecified atom stereocenters. The quantitative estimate of drug-likeness (QED) is 0.172. The molecule has 0 saturated heterocycles. The maximum absolute atomic E-state index is 11.5. The third kappa shape index (κ3) is 4.65. The molecule has 9 heteroatoms. The summed E-state index contributed by atoms with van der Waals surface area (Å²) in [4.78, 5) is 25.6. The molecule has 0 radical (unpaired) electrons. The van der Waals surface area contributed by atoms with E-state index < -0.39 is 21.2 Å². The van der Waals surface area contributed by atoms with Crippen LogP contribution >= 0.6 is 11.6 Å². The highest BCUT2D eigenvalue weighted by Crippen LogP contribution is 2.37. The maximum atomic E-state index is 11.5.